The van der Waals surface area contributed by atoms with Crippen molar-refractivity contribution in [2.45, 2.75) is 32.6 Å². The molecular weight excluding hydrogens is 300 g/mol. The fourth-order valence-electron chi connectivity index (χ4n) is 2.73. The lowest BCUT2D eigenvalue weighted by Crippen LogP contribution is -2.32. The highest BCUT2D eigenvalue weighted by molar-refractivity contribution is 9.10. The molecule has 2 rings (SSSR count). The van der Waals surface area contributed by atoms with Gasteiger partial charge in [-0.3, -0.25) is 0 Å². The quantitative estimate of drug-likeness (QED) is 0.785. The SMILES string of the molecule is Cc1ccc(Br)cc1CCNCCC1CCCNC1. The van der Waals surface area contributed by atoms with Crippen LogP contribution in [-0.2, 0) is 6.42 Å². The Balaban J connectivity index is 1.62. The zero-order chi connectivity index (χ0) is 13.5. The smallest absolute Gasteiger partial charge is 0.0178 e. The molecule has 0 amide bonds. The second-order valence-corrected chi connectivity index (χ2v) is 6.49. The number of benzene rings is 1. The van der Waals surface area contributed by atoms with Crippen molar-refractivity contribution < 1.29 is 0 Å². The molecule has 0 aromatic heterocycles. The lowest BCUT2D eigenvalue weighted by Gasteiger charge is -2.22. The Kier molecular flexibility index (Phi) is 6.35. The molecule has 0 spiro atoms. The highest BCUT2D eigenvalue weighted by Gasteiger charge is 2.11. The van der Waals surface area contributed by atoms with Crippen molar-refractivity contribution >= 4 is 15.9 Å². The Morgan fingerprint density at radius 1 is 1.37 bits per heavy atom. The molecule has 1 saturated heterocycles. The van der Waals surface area contributed by atoms with E-state index in [0.717, 1.165) is 25.4 Å². The van der Waals surface area contributed by atoms with Crippen LogP contribution >= 0.6 is 15.9 Å². The number of piperidine rings is 1. The Hall–Kier alpha value is -0.380. The maximum absolute atomic E-state index is 3.58. The van der Waals surface area contributed by atoms with Crippen LogP contribution in [0.5, 0.6) is 0 Å². The van der Waals surface area contributed by atoms with E-state index in [1.54, 1.807) is 0 Å². The van der Waals surface area contributed by atoms with Crippen molar-refractivity contribution in [3.8, 4) is 0 Å². The van der Waals surface area contributed by atoms with Gasteiger partial charge in [-0.05, 0) is 88.0 Å². The predicted molar refractivity (Wildman–Crippen MR) is 85.7 cm³/mol. The van der Waals surface area contributed by atoms with E-state index in [0.29, 0.717) is 0 Å². The van der Waals surface area contributed by atoms with Crippen LogP contribution in [0.25, 0.3) is 0 Å². The number of halogens is 1. The van der Waals surface area contributed by atoms with Crippen LogP contribution in [0, 0.1) is 12.8 Å². The van der Waals surface area contributed by atoms with Crippen LogP contribution in [-0.4, -0.2) is 26.2 Å². The van der Waals surface area contributed by atoms with Gasteiger partial charge in [-0.2, -0.15) is 0 Å². The summed E-state index contributed by atoms with van der Waals surface area (Å²) in [6.45, 7) is 6.85. The first-order chi connectivity index (χ1) is 9.25. The van der Waals surface area contributed by atoms with Gasteiger partial charge in [0.2, 0.25) is 0 Å². The van der Waals surface area contributed by atoms with Crippen molar-refractivity contribution in [3.63, 3.8) is 0 Å². The third kappa shape index (κ3) is 5.25. The van der Waals surface area contributed by atoms with Gasteiger partial charge in [-0.25, -0.2) is 0 Å². The largest absolute Gasteiger partial charge is 0.316 e. The van der Waals surface area contributed by atoms with Crippen molar-refractivity contribution in [2.24, 2.45) is 5.92 Å². The number of rotatable bonds is 6. The fraction of sp³-hybridized carbons (Fsp3) is 0.625. The van der Waals surface area contributed by atoms with E-state index in [-0.39, 0.29) is 0 Å². The number of aryl methyl sites for hydroxylation is 1. The summed E-state index contributed by atoms with van der Waals surface area (Å²) in [5.41, 5.74) is 2.84. The van der Waals surface area contributed by atoms with Crippen LogP contribution in [0.2, 0.25) is 0 Å². The average Bonchev–Trinajstić information content (AvgIpc) is 2.43. The molecule has 1 aromatic rings. The minimum atomic E-state index is 0.883. The number of hydrogen-bond donors (Lipinski definition) is 2. The van der Waals surface area contributed by atoms with Gasteiger partial charge in [0, 0.05) is 4.47 Å². The van der Waals surface area contributed by atoms with Gasteiger partial charge in [0.15, 0.2) is 0 Å². The van der Waals surface area contributed by atoms with Crippen molar-refractivity contribution in [1.82, 2.24) is 10.6 Å². The van der Waals surface area contributed by atoms with Crippen molar-refractivity contribution in [3.05, 3.63) is 33.8 Å². The highest BCUT2D eigenvalue weighted by Crippen LogP contribution is 2.16. The molecule has 0 saturated carbocycles. The lowest BCUT2D eigenvalue weighted by atomic mass is 9.96. The molecule has 1 aromatic carbocycles. The van der Waals surface area contributed by atoms with Gasteiger partial charge in [-0.15, -0.1) is 0 Å². The van der Waals surface area contributed by atoms with Gasteiger partial charge >= 0.3 is 0 Å². The Labute approximate surface area is 125 Å². The molecule has 106 valence electrons. The molecule has 1 atom stereocenters. The molecule has 1 fully saturated rings. The average molecular weight is 325 g/mol. The summed E-state index contributed by atoms with van der Waals surface area (Å²) in [5, 5.41) is 7.07. The fourth-order valence-corrected chi connectivity index (χ4v) is 3.14. The molecule has 3 heteroatoms. The van der Waals surface area contributed by atoms with E-state index in [1.807, 2.05) is 0 Å². The van der Waals surface area contributed by atoms with Gasteiger partial charge < -0.3 is 10.6 Å². The summed E-state index contributed by atoms with van der Waals surface area (Å²) in [4.78, 5) is 0. The summed E-state index contributed by atoms with van der Waals surface area (Å²) < 4.78 is 1.18. The Morgan fingerprint density at radius 3 is 3.05 bits per heavy atom. The van der Waals surface area contributed by atoms with Gasteiger partial charge in [0.05, 0.1) is 0 Å². The first kappa shape index (κ1) is 15.0. The standard InChI is InChI=1S/C16H25BrN2/c1-13-4-5-16(17)11-15(13)7-10-18-9-6-14-3-2-8-19-12-14/h4-5,11,14,18-19H,2-3,6-10,12H2,1H3. The van der Waals surface area contributed by atoms with Gasteiger partial charge in [0.25, 0.3) is 0 Å². The van der Waals surface area contributed by atoms with Crippen LogP contribution in [0.15, 0.2) is 22.7 Å². The summed E-state index contributed by atoms with van der Waals surface area (Å²) in [7, 11) is 0. The van der Waals surface area contributed by atoms with E-state index >= 15 is 0 Å². The number of nitrogens with one attached hydrogen (secondary N) is 2. The predicted octanol–water partition coefficient (Wildman–Crippen LogP) is 3.28. The van der Waals surface area contributed by atoms with E-state index in [1.165, 1.54) is 48.0 Å². The molecule has 2 N–H and O–H groups in total. The number of hydrogen-bond acceptors (Lipinski definition) is 2. The Morgan fingerprint density at radius 2 is 2.26 bits per heavy atom. The van der Waals surface area contributed by atoms with Crippen molar-refractivity contribution in [1.29, 1.82) is 0 Å². The van der Waals surface area contributed by atoms with E-state index in [2.05, 4.69) is 51.7 Å². The monoisotopic (exact) mass is 324 g/mol. The minimum absolute atomic E-state index is 0.883. The molecule has 1 unspecified atom stereocenters. The highest BCUT2D eigenvalue weighted by atomic mass is 79.9. The first-order valence-electron chi connectivity index (χ1n) is 7.42. The van der Waals surface area contributed by atoms with Gasteiger partial charge in [-0.1, -0.05) is 22.0 Å². The maximum atomic E-state index is 3.58. The lowest BCUT2D eigenvalue weighted by molar-refractivity contribution is 0.352. The summed E-state index contributed by atoms with van der Waals surface area (Å²) in [6.07, 6.45) is 5.18. The normalized spacial score (nSPS) is 19.6. The molecule has 19 heavy (non-hydrogen) atoms. The van der Waals surface area contributed by atoms with Crippen molar-refractivity contribution in [2.75, 3.05) is 26.2 Å². The van der Waals surface area contributed by atoms with Crippen LogP contribution in [0.1, 0.15) is 30.4 Å². The van der Waals surface area contributed by atoms with Crippen LogP contribution < -0.4 is 10.6 Å². The second-order valence-electron chi connectivity index (χ2n) is 5.57. The van der Waals surface area contributed by atoms with E-state index in [4.69, 9.17) is 0 Å². The minimum Gasteiger partial charge on any atom is -0.316 e. The maximum Gasteiger partial charge on any atom is 0.0178 e. The molecule has 0 aliphatic carbocycles. The van der Waals surface area contributed by atoms with Gasteiger partial charge in [0.1, 0.15) is 0 Å². The van der Waals surface area contributed by atoms with Crippen LogP contribution in [0.3, 0.4) is 0 Å². The molecule has 2 nitrogen and oxygen atoms in total. The summed E-state index contributed by atoms with van der Waals surface area (Å²) >= 11 is 3.54. The Bertz CT molecular complexity index is 386. The molecule has 1 heterocycles. The summed E-state index contributed by atoms with van der Waals surface area (Å²) in [6, 6.07) is 6.54. The molecule has 0 radical (unpaired) electrons. The van der Waals surface area contributed by atoms with Crippen LogP contribution in [0.4, 0.5) is 0 Å². The first-order valence-corrected chi connectivity index (χ1v) is 8.21. The zero-order valence-electron chi connectivity index (χ0n) is 11.8. The zero-order valence-corrected chi connectivity index (χ0v) is 13.4. The molecular formula is C16H25BrN2. The topological polar surface area (TPSA) is 24.1 Å². The van der Waals surface area contributed by atoms with E-state index in [9.17, 15) is 0 Å². The molecule has 0 bridgehead atoms. The third-order valence-electron chi connectivity index (χ3n) is 4.01. The molecule has 1 aliphatic rings. The summed E-state index contributed by atoms with van der Waals surface area (Å²) in [5.74, 6) is 0.883. The molecule has 1 aliphatic heterocycles. The second kappa shape index (κ2) is 8.03. The van der Waals surface area contributed by atoms with E-state index < -0.39 is 0 Å². The third-order valence-corrected chi connectivity index (χ3v) is 4.50.